The van der Waals surface area contributed by atoms with E-state index in [1.54, 1.807) is 10.9 Å². The third kappa shape index (κ3) is 3.15. The Morgan fingerprint density at radius 1 is 1.37 bits per heavy atom. The molecule has 0 aliphatic carbocycles. The summed E-state index contributed by atoms with van der Waals surface area (Å²) < 4.78 is 2.56. The van der Waals surface area contributed by atoms with Gasteiger partial charge in [0.05, 0.1) is 10.2 Å². The summed E-state index contributed by atoms with van der Waals surface area (Å²) in [5.41, 5.74) is 8.38. The van der Waals surface area contributed by atoms with Gasteiger partial charge in [-0.15, -0.1) is 0 Å². The molecule has 2 heterocycles. The van der Waals surface area contributed by atoms with Gasteiger partial charge in [-0.05, 0) is 52.4 Å². The standard InChI is InChI=1S/C14H19BrN4/c1-9-5-6-17-11(7-9)19-13(16)12(15)10(18-19)8-14(2,3)4/h5-7H,8,16H2,1-4H3. The first-order valence-corrected chi connectivity index (χ1v) is 7.03. The van der Waals surface area contributed by atoms with Crippen LogP contribution in [0.5, 0.6) is 0 Å². The number of nitrogens with two attached hydrogens (primary N) is 1. The summed E-state index contributed by atoms with van der Waals surface area (Å²) in [5, 5.41) is 4.59. The van der Waals surface area contributed by atoms with Crippen molar-refractivity contribution in [2.45, 2.75) is 34.1 Å². The van der Waals surface area contributed by atoms with Crippen molar-refractivity contribution in [1.29, 1.82) is 0 Å². The van der Waals surface area contributed by atoms with E-state index in [2.05, 4.69) is 46.8 Å². The molecule has 2 rings (SSSR count). The Morgan fingerprint density at radius 3 is 2.63 bits per heavy atom. The van der Waals surface area contributed by atoms with Gasteiger partial charge in [0, 0.05) is 6.20 Å². The zero-order chi connectivity index (χ0) is 14.2. The number of nitrogen functional groups attached to an aromatic ring is 1. The molecule has 0 saturated heterocycles. The molecule has 2 aromatic rings. The number of nitrogens with zero attached hydrogens (tertiary/aromatic N) is 3. The average Bonchev–Trinajstić information content (AvgIpc) is 2.55. The molecule has 0 aliphatic rings. The van der Waals surface area contributed by atoms with Crippen LogP contribution in [-0.4, -0.2) is 14.8 Å². The minimum Gasteiger partial charge on any atom is -0.383 e. The summed E-state index contributed by atoms with van der Waals surface area (Å²) >= 11 is 3.53. The fraction of sp³-hybridized carbons (Fsp3) is 0.429. The molecule has 2 N–H and O–H groups in total. The minimum absolute atomic E-state index is 0.161. The highest BCUT2D eigenvalue weighted by atomic mass is 79.9. The minimum atomic E-state index is 0.161. The fourth-order valence-corrected chi connectivity index (χ4v) is 2.27. The highest BCUT2D eigenvalue weighted by Gasteiger charge is 2.20. The Kier molecular flexibility index (Phi) is 3.67. The lowest BCUT2D eigenvalue weighted by atomic mass is 9.91. The molecule has 4 nitrogen and oxygen atoms in total. The molecule has 0 unspecified atom stereocenters. The number of hydrogen-bond donors (Lipinski definition) is 1. The second-order valence-corrected chi connectivity index (χ2v) is 6.78. The number of aromatic nitrogens is 3. The van der Waals surface area contributed by atoms with Crippen molar-refractivity contribution in [1.82, 2.24) is 14.8 Å². The monoisotopic (exact) mass is 322 g/mol. The quantitative estimate of drug-likeness (QED) is 0.920. The van der Waals surface area contributed by atoms with Crippen LogP contribution < -0.4 is 5.73 Å². The number of pyridine rings is 1. The maximum atomic E-state index is 6.12. The second kappa shape index (κ2) is 4.96. The summed E-state index contributed by atoms with van der Waals surface area (Å²) in [7, 11) is 0. The molecule has 19 heavy (non-hydrogen) atoms. The number of hydrogen-bond acceptors (Lipinski definition) is 3. The predicted molar refractivity (Wildman–Crippen MR) is 81.4 cm³/mol. The first kappa shape index (κ1) is 14.1. The normalized spacial score (nSPS) is 11.8. The van der Waals surface area contributed by atoms with E-state index < -0.39 is 0 Å². The molecule has 0 amide bonds. The van der Waals surface area contributed by atoms with Gasteiger partial charge >= 0.3 is 0 Å². The molecular weight excluding hydrogens is 304 g/mol. The van der Waals surface area contributed by atoms with Gasteiger partial charge in [0.25, 0.3) is 0 Å². The van der Waals surface area contributed by atoms with Crippen LogP contribution in [0.1, 0.15) is 32.0 Å². The van der Waals surface area contributed by atoms with Crippen molar-refractivity contribution in [3.05, 3.63) is 34.1 Å². The lowest BCUT2D eigenvalue weighted by Crippen LogP contribution is -2.10. The molecule has 5 heteroatoms. The van der Waals surface area contributed by atoms with Crippen LogP contribution in [0.25, 0.3) is 5.82 Å². The smallest absolute Gasteiger partial charge is 0.155 e. The van der Waals surface area contributed by atoms with Gasteiger partial charge in [0.1, 0.15) is 5.82 Å². The number of aryl methyl sites for hydroxylation is 1. The first-order chi connectivity index (χ1) is 8.78. The van der Waals surface area contributed by atoms with Crippen LogP contribution in [0.3, 0.4) is 0 Å². The van der Waals surface area contributed by atoms with Gasteiger partial charge in [-0.1, -0.05) is 20.8 Å². The van der Waals surface area contributed by atoms with Gasteiger partial charge in [-0.2, -0.15) is 9.78 Å². The zero-order valence-electron chi connectivity index (χ0n) is 11.7. The zero-order valence-corrected chi connectivity index (χ0v) is 13.3. The van der Waals surface area contributed by atoms with E-state index in [1.807, 2.05) is 19.1 Å². The van der Waals surface area contributed by atoms with Gasteiger partial charge in [-0.3, -0.25) is 0 Å². The van der Waals surface area contributed by atoms with Gasteiger partial charge < -0.3 is 5.73 Å². The van der Waals surface area contributed by atoms with Crippen LogP contribution in [-0.2, 0) is 6.42 Å². The van der Waals surface area contributed by atoms with Crippen molar-refractivity contribution in [3.63, 3.8) is 0 Å². The lowest BCUT2D eigenvalue weighted by molar-refractivity contribution is 0.404. The van der Waals surface area contributed by atoms with Gasteiger partial charge in [0.2, 0.25) is 0 Å². The summed E-state index contributed by atoms with van der Waals surface area (Å²) in [4.78, 5) is 4.32. The maximum Gasteiger partial charge on any atom is 0.155 e. The van der Waals surface area contributed by atoms with Crippen molar-refractivity contribution < 1.29 is 0 Å². The Labute approximate surface area is 122 Å². The van der Waals surface area contributed by atoms with Crippen LogP contribution in [0.4, 0.5) is 5.82 Å². The molecule has 0 saturated carbocycles. The van der Waals surface area contributed by atoms with E-state index in [9.17, 15) is 0 Å². The van der Waals surface area contributed by atoms with Crippen molar-refractivity contribution in [3.8, 4) is 5.82 Å². The van der Waals surface area contributed by atoms with Crippen LogP contribution in [0, 0.1) is 12.3 Å². The van der Waals surface area contributed by atoms with Crippen LogP contribution in [0.15, 0.2) is 22.8 Å². The molecule has 0 spiro atoms. The van der Waals surface area contributed by atoms with Crippen molar-refractivity contribution >= 4 is 21.7 Å². The van der Waals surface area contributed by atoms with Crippen molar-refractivity contribution in [2.24, 2.45) is 5.41 Å². The molecule has 102 valence electrons. The molecule has 0 aliphatic heterocycles. The summed E-state index contributed by atoms with van der Waals surface area (Å²) in [5.74, 6) is 1.34. The van der Waals surface area contributed by atoms with E-state index in [1.165, 1.54) is 0 Å². The largest absolute Gasteiger partial charge is 0.383 e. The van der Waals surface area contributed by atoms with E-state index in [0.29, 0.717) is 5.82 Å². The van der Waals surface area contributed by atoms with Crippen LogP contribution in [0.2, 0.25) is 0 Å². The average molecular weight is 323 g/mol. The van der Waals surface area contributed by atoms with Gasteiger partial charge in [0.15, 0.2) is 5.82 Å². The topological polar surface area (TPSA) is 56.7 Å². The highest BCUT2D eigenvalue weighted by molar-refractivity contribution is 9.10. The third-order valence-electron chi connectivity index (χ3n) is 2.74. The van der Waals surface area contributed by atoms with E-state index in [0.717, 1.165) is 28.0 Å². The van der Waals surface area contributed by atoms with Gasteiger partial charge in [-0.25, -0.2) is 4.98 Å². The molecule has 0 fully saturated rings. The van der Waals surface area contributed by atoms with E-state index in [4.69, 9.17) is 5.73 Å². The number of rotatable bonds is 2. The fourth-order valence-electron chi connectivity index (χ4n) is 1.89. The summed E-state index contributed by atoms with van der Waals surface area (Å²) in [6.07, 6.45) is 2.62. The summed E-state index contributed by atoms with van der Waals surface area (Å²) in [6, 6.07) is 3.92. The molecule has 0 aromatic carbocycles. The Hall–Kier alpha value is -1.36. The summed E-state index contributed by atoms with van der Waals surface area (Å²) in [6.45, 7) is 8.56. The number of halogens is 1. The van der Waals surface area contributed by atoms with Crippen LogP contribution >= 0.6 is 15.9 Å². The molecular formula is C14H19BrN4. The maximum absolute atomic E-state index is 6.12. The Bertz CT molecular complexity index is 596. The predicted octanol–water partition coefficient (Wildman–Crippen LogP) is 3.51. The molecule has 2 aromatic heterocycles. The molecule has 0 atom stereocenters. The van der Waals surface area contributed by atoms with E-state index in [-0.39, 0.29) is 5.41 Å². The Balaban J connectivity index is 2.46. The number of anilines is 1. The second-order valence-electron chi connectivity index (χ2n) is 5.99. The molecule has 0 bridgehead atoms. The highest BCUT2D eigenvalue weighted by Crippen LogP contribution is 2.30. The first-order valence-electron chi connectivity index (χ1n) is 6.24. The third-order valence-corrected chi connectivity index (χ3v) is 3.61. The SMILES string of the molecule is Cc1ccnc(-n2nc(CC(C)(C)C)c(Br)c2N)c1. The lowest BCUT2D eigenvalue weighted by Gasteiger charge is -2.16. The van der Waals surface area contributed by atoms with Crippen molar-refractivity contribution in [2.75, 3.05) is 5.73 Å². The van der Waals surface area contributed by atoms with E-state index >= 15 is 0 Å². The molecule has 0 radical (unpaired) electrons. The Morgan fingerprint density at radius 2 is 2.05 bits per heavy atom.